The number of aliphatic hydroxyl groups is 1. The summed E-state index contributed by atoms with van der Waals surface area (Å²) < 4.78 is 46.0. The minimum Gasteiger partial charge on any atom is -0.486 e. The van der Waals surface area contributed by atoms with Crippen molar-refractivity contribution in [1.29, 1.82) is 0 Å². The zero-order valence-corrected chi connectivity index (χ0v) is 15.7. The number of halogens is 2. The Morgan fingerprint density at radius 3 is 2.62 bits per heavy atom. The molecule has 0 bridgehead atoms. The van der Waals surface area contributed by atoms with E-state index in [-0.39, 0.29) is 30.2 Å². The van der Waals surface area contributed by atoms with Gasteiger partial charge in [-0.1, -0.05) is 17.7 Å². The number of benzene rings is 2. The second-order valence-electron chi connectivity index (χ2n) is 6.49. The maximum Gasteiger partial charge on any atom is 0.243 e. The van der Waals surface area contributed by atoms with Gasteiger partial charge in [-0.05, 0) is 49.7 Å². The lowest BCUT2D eigenvalue weighted by Crippen LogP contribution is -2.57. The van der Waals surface area contributed by atoms with Crippen molar-refractivity contribution in [3.8, 4) is 5.75 Å². The lowest BCUT2D eigenvalue weighted by Gasteiger charge is -2.41. The van der Waals surface area contributed by atoms with Crippen LogP contribution >= 0.6 is 11.6 Å². The van der Waals surface area contributed by atoms with Gasteiger partial charge >= 0.3 is 0 Å². The summed E-state index contributed by atoms with van der Waals surface area (Å²) in [6.45, 7) is 1.69. The van der Waals surface area contributed by atoms with Gasteiger partial charge in [-0.15, -0.1) is 0 Å². The molecule has 1 fully saturated rings. The van der Waals surface area contributed by atoms with Crippen molar-refractivity contribution in [2.45, 2.75) is 29.9 Å². The van der Waals surface area contributed by atoms with E-state index >= 15 is 0 Å². The van der Waals surface area contributed by atoms with Crippen molar-refractivity contribution in [3.63, 3.8) is 0 Å². The smallest absolute Gasteiger partial charge is 0.243 e. The number of ether oxygens (including phenoxy) is 1. The average molecular weight is 400 g/mol. The average Bonchev–Trinajstić information content (AvgIpc) is 2.57. The Labute approximate surface area is 157 Å². The Morgan fingerprint density at radius 2 is 1.96 bits per heavy atom. The lowest BCUT2D eigenvalue weighted by molar-refractivity contribution is -0.0810. The highest BCUT2D eigenvalue weighted by Crippen LogP contribution is 2.30. The molecule has 5 nitrogen and oxygen atoms in total. The predicted octanol–water partition coefficient (Wildman–Crippen LogP) is 3.07. The third-order valence-corrected chi connectivity index (χ3v) is 6.59. The van der Waals surface area contributed by atoms with Crippen LogP contribution in [0.2, 0.25) is 5.02 Å². The fourth-order valence-corrected chi connectivity index (χ4v) is 4.40. The van der Waals surface area contributed by atoms with E-state index in [1.54, 1.807) is 13.0 Å². The van der Waals surface area contributed by atoms with E-state index in [9.17, 15) is 17.9 Å². The molecule has 0 spiro atoms. The summed E-state index contributed by atoms with van der Waals surface area (Å²) in [5.74, 6) is -0.232. The molecule has 1 saturated heterocycles. The lowest BCUT2D eigenvalue weighted by atomic mass is 9.91. The normalized spacial score (nSPS) is 24.4. The molecular weight excluding hydrogens is 381 g/mol. The highest BCUT2D eigenvalue weighted by Gasteiger charge is 2.43. The Balaban J connectivity index is 1.83. The Morgan fingerprint density at radius 1 is 1.27 bits per heavy atom. The summed E-state index contributed by atoms with van der Waals surface area (Å²) in [6, 6.07) is 11.4. The van der Waals surface area contributed by atoms with Crippen molar-refractivity contribution < 1.29 is 22.7 Å². The maximum absolute atomic E-state index is 13.4. The molecule has 2 aromatic carbocycles. The van der Waals surface area contributed by atoms with Crippen LogP contribution in [-0.2, 0) is 10.0 Å². The monoisotopic (exact) mass is 399 g/mol. The van der Waals surface area contributed by atoms with Gasteiger partial charge in [0, 0.05) is 17.6 Å². The zero-order chi connectivity index (χ0) is 18.9. The Bertz CT molecular complexity index is 886. The molecule has 2 atom stereocenters. The number of hydrogen-bond donors (Lipinski definition) is 1. The molecule has 0 aliphatic carbocycles. The quantitative estimate of drug-likeness (QED) is 0.858. The molecule has 2 aromatic rings. The van der Waals surface area contributed by atoms with E-state index < -0.39 is 27.5 Å². The minimum atomic E-state index is -3.75. The number of piperidine rings is 1. The SMILES string of the molecule is C[C@]1(O)CCN(S(=O)(=O)c2ccc(Cl)cc2)C[C@@H]1Oc1cccc(F)c1. The topological polar surface area (TPSA) is 66.8 Å². The number of nitrogens with zero attached hydrogens (tertiary/aromatic N) is 1. The van der Waals surface area contributed by atoms with Crippen LogP contribution in [0.4, 0.5) is 4.39 Å². The van der Waals surface area contributed by atoms with Crippen LogP contribution in [0.25, 0.3) is 0 Å². The highest BCUT2D eigenvalue weighted by molar-refractivity contribution is 7.89. The fourth-order valence-electron chi connectivity index (χ4n) is 2.83. The van der Waals surface area contributed by atoms with Gasteiger partial charge in [0.2, 0.25) is 10.0 Å². The van der Waals surface area contributed by atoms with Gasteiger partial charge in [-0.3, -0.25) is 0 Å². The van der Waals surface area contributed by atoms with Crippen molar-refractivity contribution in [1.82, 2.24) is 4.31 Å². The van der Waals surface area contributed by atoms with Crippen molar-refractivity contribution >= 4 is 21.6 Å². The number of rotatable bonds is 4. The third-order valence-electron chi connectivity index (χ3n) is 4.46. The van der Waals surface area contributed by atoms with Gasteiger partial charge in [0.1, 0.15) is 23.3 Å². The molecule has 26 heavy (non-hydrogen) atoms. The van der Waals surface area contributed by atoms with Crippen LogP contribution < -0.4 is 4.74 Å². The first-order valence-corrected chi connectivity index (χ1v) is 9.91. The van der Waals surface area contributed by atoms with Crippen molar-refractivity contribution in [2.75, 3.05) is 13.1 Å². The van der Waals surface area contributed by atoms with Crippen molar-refractivity contribution in [3.05, 3.63) is 59.4 Å². The molecule has 0 radical (unpaired) electrons. The van der Waals surface area contributed by atoms with Crippen LogP contribution in [0.3, 0.4) is 0 Å². The molecular formula is C18H19ClFNO4S. The first kappa shape index (κ1) is 19.1. The highest BCUT2D eigenvalue weighted by atomic mass is 35.5. The largest absolute Gasteiger partial charge is 0.486 e. The molecule has 3 rings (SSSR count). The summed E-state index contributed by atoms with van der Waals surface area (Å²) in [4.78, 5) is 0.118. The molecule has 140 valence electrons. The molecule has 1 aliphatic heterocycles. The van der Waals surface area contributed by atoms with Gasteiger partial charge in [0.05, 0.1) is 11.4 Å². The summed E-state index contributed by atoms with van der Waals surface area (Å²) in [5.41, 5.74) is -1.24. The van der Waals surface area contributed by atoms with Gasteiger partial charge < -0.3 is 9.84 Å². The first-order valence-electron chi connectivity index (χ1n) is 8.09. The molecule has 0 aromatic heterocycles. The molecule has 8 heteroatoms. The minimum absolute atomic E-state index is 0.0471. The zero-order valence-electron chi connectivity index (χ0n) is 14.1. The van der Waals surface area contributed by atoms with Crippen molar-refractivity contribution in [2.24, 2.45) is 0 Å². The van der Waals surface area contributed by atoms with E-state index in [1.807, 2.05) is 0 Å². The van der Waals surface area contributed by atoms with E-state index in [4.69, 9.17) is 16.3 Å². The standard InChI is InChI=1S/C18H19ClFNO4S/c1-18(22)9-10-21(26(23,24)16-7-5-13(19)6-8-16)12-17(18)25-15-4-2-3-14(20)11-15/h2-8,11,17,22H,9-10,12H2,1H3/t17-,18-/m0/s1. The van der Waals surface area contributed by atoms with E-state index in [2.05, 4.69) is 0 Å². The van der Waals surface area contributed by atoms with Gasteiger partial charge in [-0.2, -0.15) is 4.31 Å². The molecule has 0 saturated carbocycles. The second kappa shape index (κ2) is 7.15. The fraction of sp³-hybridized carbons (Fsp3) is 0.333. The Hall–Kier alpha value is -1.67. The maximum atomic E-state index is 13.4. The van der Waals surface area contributed by atoms with E-state index in [1.165, 1.54) is 46.8 Å². The Kier molecular flexibility index (Phi) is 5.25. The summed E-state index contributed by atoms with van der Waals surface area (Å²) in [6.07, 6.45) is -0.639. The van der Waals surface area contributed by atoms with Crippen LogP contribution in [0.1, 0.15) is 13.3 Å². The summed E-state index contributed by atoms with van der Waals surface area (Å²) in [7, 11) is -3.75. The van der Waals surface area contributed by atoms with Crippen LogP contribution in [0, 0.1) is 5.82 Å². The van der Waals surface area contributed by atoms with Crippen LogP contribution in [0.15, 0.2) is 53.4 Å². The molecule has 1 N–H and O–H groups in total. The second-order valence-corrected chi connectivity index (χ2v) is 8.86. The molecule has 0 amide bonds. The molecule has 1 aliphatic rings. The van der Waals surface area contributed by atoms with Gasteiger partial charge in [0.25, 0.3) is 0 Å². The summed E-state index contributed by atoms with van der Waals surface area (Å²) in [5, 5.41) is 11.0. The summed E-state index contributed by atoms with van der Waals surface area (Å²) >= 11 is 5.82. The van der Waals surface area contributed by atoms with E-state index in [0.29, 0.717) is 5.02 Å². The first-order chi connectivity index (χ1) is 12.2. The number of hydrogen-bond acceptors (Lipinski definition) is 4. The van der Waals surface area contributed by atoms with E-state index in [0.717, 1.165) is 0 Å². The molecule has 1 heterocycles. The predicted molar refractivity (Wildman–Crippen MR) is 96.3 cm³/mol. The van der Waals surface area contributed by atoms with Gasteiger partial charge in [0.15, 0.2) is 0 Å². The third kappa shape index (κ3) is 4.01. The van der Waals surface area contributed by atoms with Crippen LogP contribution in [-0.4, -0.2) is 42.6 Å². The molecule has 0 unspecified atom stereocenters. The number of sulfonamides is 1. The van der Waals surface area contributed by atoms with Gasteiger partial charge in [-0.25, -0.2) is 12.8 Å². The van der Waals surface area contributed by atoms with Crippen LogP contribution in [0.5, 0.6) is 5.75 Å².